The highest BCUT2D eigenvalue weighted by molar-refractivity contribution is 7.54. The van der Waals surface area contributed by atoms with Gasteiger partial charge in [0.05, 0.1) is 24.3 Å². The molecule has 12 heteroatoms. The van der Waals surface area contributed by atoms with Crippen LogP contribution in [-0.2, 0) is 18.4 Å². The molecule has 1 aromatic carbocycles. The number of carbonyl (C=O) groups excluding carboxylic acids is 2. The van der Waals surface area contributed by atoms with E-state index in [4.69, 9.17) is 13.5 Å². The number of anilines is 1. The average Bonchev–Trinajstić information content (AvgIpc) is 3.69. The number of aromatic nitrogens is 1. The van der Waals surface area contributed by atoms with Gasteiger partial charge in [0.25, 0.3) is 8.32 Å². The van der Waals surface area contributed by atoms with E-state index < -0.39 is 27.6 Å². The summed E-state index contributed by atoms with van der Waals surface area (Å²) in [4.78, 5) is 32.2. The number of halogens is 1. The molecule has 2 aromatic rings. The van der Waals surface area contributed by atoms with Crippen LogP contribution in [0.25, 0.3) is 0 Å². The van der Waals surface area contributed by atoms with Crippen LogP contribution in [0.15, 0.2) is 30.5 Å². The van der Waals surface area contributed by atoms with Crippen molar-refractivity contribution in [2.75, 3.05) is 24.4 Å². The van der Waals surface area contributed by atoms with Crippen molar-refractivity contribution in [3.05, 3.63) is 53.0 Å². The van der Waals surface area contributed by atoms with Crippen molar-refractivity contribution in [1.82, 2.24) is 4.98 Å². The van der Waals surface area contributed by atoms with Crippen LogP contribution in [0.3, 0.4) is 0 Å². The molecule has 1 fully saturated rings. The summed E-state index contributed by atoms with van der Waals surface area (Å²) in [7, 11) is -6.16. The largest absolute Gasteiger partial charge is 0.543 e. The zero-order valence-electron chi connectivity index (χ0n) is 26.4. The Hall–Kier alpha value is -2.90. The molecule has 9 nitrogen and oxygen atoms in total. The Morgan fingerprint density at radius 3 is 2.30 bits per heavy atom. The lowest BCUT2D eigenvalue weighted by Crippen LogP contribution is -2.44. The van der Waals surface area contributed by atoms with Crippen molar-refractivity contribution < 1.29 is 32.0 Å². The number of nitriles is 1. The van der Waals surface area contributed by atoms with E-state index in [0.29, 0.717) is 28.9 Å². The molecule has 234 valence electrons. The minimum absolute atomic E-state index is 0.00945. The summed E-state index contributed by atoms with van der Waals surface area (Å²) in [6.07, 6.45) is 1.74. The van der Waals surface area contributed by atoms with Crippen LogP contribution in [0.1, 0.15) is 88.2 Å². The third-order valence-electron chi connectivity index (χ3n) is 8.08. The van der Waals surface area contributed by atoms with Gasteiger partial charge in [-0.15, -0.1) is 0 Å². The number of amides is 1. The minimum Gasteiger partial charge on any atom is -0.543 e. The monoisotopic (exact) mass is 631 g/mol. The van der Waals surface area contributed by atoms with Crippen molar-refractivity contribution in [2.45, 2.75) is 84.9 Å². The molecule has 1 aliphatic rings. The predicted molar refractivity (Wildman–Crippen MR) is 166 cm³/mol. The summed E-state index contributed by atoms with van der Waals surface area (Å²) in [6.45, 7) is 15.7. The Bertz CT molecular complexity index is 1410. The molecule has 1 aromatic heterocycles. The van der Waals surface area contributed by atoms with Gasteiger partial charge in [0.15, 0.2) is 5.78 Å². The molecule has 1 aliphatic carbocycles. The fourth-order valence-electron chi connectivity index (χ4n) is 4.59. The van der Waals surface area contributed by atoms with Gasteiger partial charge in [0, 0.05) is 24.6 Å². The maximum absolute atomic E-state index is 15.6. The smallest absolute Gasteiger partial charge is 0.350 e. The Kier molecular flexibility index (Phi) is 11.1. The van der Waals surface area contributed by atoms with Crippen LogP contribution in [0.5, 0.6) is 5.75 Å². The van der Waals surface area contributed by atoms with Gasteiger partial charge in [-0.3, -0.25) is 19.1 Å². The maximum Gasteiger partial charge on any atom is 0.350 e. The van der Waals surface area contributed by atoms with E-state index in [1.54, 1.807) is 20.8 Å². The third-order valence-corrected chi connectivity index (χ3v) is 14.3. The highest BCUT2D eigenvalue weighted by Crippen LogP contribution is 2.56. The lowest BCUT2D eigenvalue weighted by Gasteiger charge is -2.37. The maximum atomic E-state index is 15.6. The molecule has 1 heterocycles. The molecule has 0 N–H and O–H groups in total. The Morgan fingerprint density at radius 2 is 1.79 bits per heavy atom. The highest BCUT2D eigenvalue weighted by Gasteiger charge is 2.47. The molecule has 0 bridgehead atoms. The van der Waals surface area contributed by atoms with Gasteiger partial charge >= 0.3 is 7.60 Å². The first-order valence-electron chi connectivity index (χ1n) is 14.7. The van der Waals surface area contributed by atoms with Crippen molar-refractivity contribution in [3.63, 3.8) is 0 Å². The standard InChI is InChI=1S/C31H43FN3O6PSi/c1-9-26(36)23-13-14-25(32)29(30(23)41-43(7,8)31(4,5)6)24-16-22(24)17-28(37)35(20-42(38,39-10-2)40-11-3)27-15-12-21(18-33)19-34-27/h12-15,19,22,24H,9-11,16-17,20H2,1-8H3/t22-,24-/m1/s1. The van der Waals surface area contributed by atoms with Crippen LogP contribution >= 0.6 is 7.60 Å². The number of hydrogen-bond acceptors (Lipinski definition) is 8. The SMILES string of the molecule is CCOP(=O)(CN(C(=O)C[C@H]1C[C@H]1c1c(F)ccc(C(=O)CC)c1O[Si](C)(C)C(C)(C)C)c1ccc(C#N)cn1)OCC. The van der Waals surface area contributed by atoms with E-state index >= 15 is 4.39 Å². The number of carbonyl (C=O) groups is 2. The average molecular weight is 632 g/mol. The molecule has 0 aliphatic heterocycles. The van der Waals surface area contributed by atoms with E-state index in [2.05, 4.69) is 25.8 Å². The molecule has 1 amide bonds. The van der Waals surface area contributed by atoms with Gasteiger partial charge in [-0.2, -0.15) is 5.26 Å². The molecule has 0 radical (unpaired) electrons. The number of hydrogen-bond donors (Lipinski definition) is 0. The highest BCUT2D eigenvalue weighted by atomic mass is 31.2. The van der Waals surface area contributed by atoms with E-state index in [0.717, 1.165) is 0 Å². The molecule has 0 spiro atoms. The lowest BCUT2D eigenvalue weighted by molar-refractivity contribution is -0.118. The van der Waals surface area contributed by atoms with Crippen LogP contribution in [0.2, 0.25) is 18.1 Å². The summed E-state index contributed by atoms with van der Waals surface area (Å²) in [5.41, 5.74) is 1.00. The van der Waals surface area contributed by atoms with Crippen LogP contribution in [-0.4, -0.2) is 44.5 Å². The molecule has 3 rings (SSSR count). The predicted octanol–water partition coefficient (Wildman–Crippen LogP) is 7.82. The molecule has 1 saturated carbocycles. The van der Waals surface area contributed by atoms with Crippen LogP contribution in [0, 0.1) is 23.1 Å². The number of benzene rings is 1. The number of rotatable bonds is 14. The number of Topliss-reactive ketones (excluding diaryl/α,β-unsaturated/α-hetero) is 1. The van der Waals surface area contributed by atoms with E-state index in [1.807, 2.05) is 19.2 Å². The summed E-state index contributed by atoms with van der Waals surface area (Å²) in [6, 6.07) is 7.82. The Morgan fingerprint density at radius 1 is 1.14 bits per heavy atom. The fraction of sp³-hybridized carbons (Fsp3) is 0.548. The molecular weight excluding hydrogens is 588 g/mol. The van der Waals surface area contributed by atoms with Gasteiger partial charge in [0.2, 0.25) is 5.91 Å². The lowest BCUT2D eigenvalue weighted by atomic mass is 9.99. The first-order chi connectivity index (χ1) is 20.1. The first-order valence-corrected chi connectivity index (χ1v) is 19.3. The third kappa shape index (κ3) is 8.18. The van der Waals surface area contributed by atoms with Crippen molar-refractivity contribution in [3.8, 4) is 11.8 Å². The first kappa shape index (κ1) is 34.6. The van der Waals surface area contributed by atoms with E-state index in [-0.39, 0.29) is 60.8 Å². The molecule has 2 atom stereocenters. The number of ketones is 1. The Balaban J connectivity index is 1.97. The van der Waals surface area contributed by atoms with Gasteiger partial charge < -0.3 is 13.5 Å². The zero-order chi connectivity index (χ0) is 32.2. The van der Waals surface area contributed by atoms with Gasteiger partial charge in [-0.1, -0.05) is 27.7 Å². The Labute approximate surface area is 255 Å². The van der Waals surface area contributed by atoms with Crippen LogP contribution < -0.4 is 9.33 Å². The molecule has 0 saturated heterocycles. The number of pyridine rings is 1. The van der Waals surface area contributed by atoms with Crippen molar-refractivity contribution in [2.24, 2.45) is 5.92 Å². The summed E-state index contributed by atoms with van der Waals surface area (Å²) < 4.78 is 46.5. The summed E-state index contributed by atoms with van der Waals surface area (Å²) in [5, 5.41) is 8.99. The van der Waals surface area contributed by atoms with Gasteiger partial charge in [-0.25, -0.2) is 9.37 Å². The van der Waals surface area contributed by atoms with Crippen molar-refractivity contribution in [1.29, 1.82) is 5.26 Å². The molecular formula is C31H43FN3O6PSi. The summed E-state index contributed by atoms with van der Waals surface area (Å²) in [5.74, 6) is -1.08. The van der Waals surface area contributed by atoms with Crippen LogP contribution in [0.4, 0.5) is 10.2 Å². The molecule has 43 heavy (non-hydrogen) atoms. The quantitative estimate of drug-likeness (QED) is 0.118. The number of nitrogens with zero attached hydrogens (tertiary/aromatic N) is 3. The topological polar surface area (TPSA) is 119 Å². The van der Waals surface area contributed by atoms with Gasteiger partial charge in [0.1, 0.15) is 29.7 Å². The second-order valence-corrected chi connectivity index (χ2v) is 19.0. The van der Waals surface area contributed by atoms with Crippen molar-refractivity contribution >= 4 is 33.4 Å². The van der Waals surface area contributed by atoms with Gasteiger partial charge in [-0.05, 0) is 74.5 Å². The summed E-state index contributed by atoms with van der Waals surface area (Å²) >= 11 is 0. The normalized spacial score (nSPS) is 16.8. The minimum atomic E-state index is -3.70. The molecule has 0 unspecified atom stereocenters. The zero-order valence-corrected chi connectivity index (χ0v) is 28.3. The second kappa shape index (κ2) is 13.8. The van der Waals surface area contributed by atoms with E-state index in [1.165, 1.54) is 35.4 Å². The van der Waals surface area contributed by atoms with E-state index in [9.17, 15) is 19.4 Å². The fourth-order valence-corrected chi connectivity index (χ4v) is 7.30. The second-order valence-electron chi connectivity index (χ2n) is 12.2.